The van der Waals surface area contributed by atoms with Gasteiger partial charge in [-0.05, 0) is 18.9 Å². The number of unbranched alkanes of at least 4 members (excludes halogenated alkanes) is 1. The average Bonchev–Trinajstić information content (AvgIpc) is 2.92. The van der Waals surface area contributed by atoms with Crippen LogP contribution in [0.4, 0.5) is 5.69 Å². The first-order chi connectivity index (χ1) is 8.90. The lowest BCUT2D eigenvalue weighted by Crippen LogP contribution is -2.05. The lowest BCUT2D eigenvalue weighted by molar-refractivity contribution is 0.621. The zero-order valence-corrected chi connectivity index (χ0v) is 10.1. The number of anilines is 1. The third kappa shape index (κ3) is 3.32. The van der Waals surface area contributed by atoms with Gasteiger partial charge in [0.25, 0.3) is 0 Å². The third-order valence-corrected chi connectivity index (χ3v) is 2.66. The van der Waals surface area contributed by atoms with Crippen molar-refractivity contribution in [1.29, 1.82) is 5.26 Å². The number of hydrogen-bond donors (Lipinski definition) is 1. The van der Waals surface area contributed by atoms with Crippen LogP contribution in [0.1, 0.15) is 18.4 Å². The van der Waals surface area contributed by atoms with Gasteiger partial charge in [-0.15, -0.1) is 0 Å². The van der Waals surface area contributed by atoms with Gasteiger partial charge in [0, 0.05) is 31.7 Å². The first-order valence-electron chi connectivity index (χ1n) is 5.94. The van der Waals surface area contributed by atoms with Crippen LogP contribution in [0.2, 0.25) is 0 Å². The Morgan fingerprint density at radius 3 is 3.00 bits per heavy atom. The van der Waals surface area contributed by atoms with Gasteiger partial charge < -0.3 is 9.88 Å². The van der Waals surface area contributed by atoms with Crippen molar-refractivity contribution in [2.24, 2.45) is 0 Å². The molecular weight excluding hydrogens is 226 g/mol. The van der Waals surface area contributed by atoms with Gasteiger partial charge in [0.05, 0.1) is 23.8 Å². The fourth-order valence-corrected chi connectivity index (χ4v) is 1.69. The monoisotopic (exact) mass is 241 g/mol. The van der Waals surface area contributed by atoms with Crippen LogP contribution in [0.15, 0.2) is 37.2 Å². The number of aromatic nitrogens is 3. The van der Waals surface area contributed by atoms with E-state index in [9.17, 15) is 0 Å². The van der Waals surface area contributed by atoms with Gasteiger partial charge in [0.2, 0.25) is 0 Å². The molecule has 0 aliphatic carbocycles. The Morgan fingerprint density at radius 2 is 2.22 bits per heavy atom. The molecule has 0 radical (unpaired) electrons. The van der Waals surface area contributed by atoms with Crippen molar-refractivity contribution < 1.29 is 0 Å². The molecule has 0 aromatic carbocycles. The van der Waals surface area contributed by atoms with Crippen LogP contribution in [0.25, 0.3) is 0 Å². The normalized spacial score (nSPS) is 9.94. The Bertz CT molecular complexity index is 512. The molecule has 5 heteroatoms. The van der Waals surface area contributed by atoms with E-state index < -0.39 is 0 Å². The Morgan fingerprint density at radius 1 is 1.28 bits per heavy atom. The zero-order valence-electron chi connectivity index (χ0n) is 10.1. The van der Waals surface area contributed by atoms with Crippen LogP contribution in [0.5, 0.6) is 0 Å². The molecule has 0 unspecified atom stereocenters. The molecule has 0 spiro atoms. The number of hydrogen-bond acceptors (Lipinski definition) is 4. The van der Waals surface area contributed by atoms with Crippen LogP contribution in [-0.4, -0.2) is 21.1 Å². The summed E-state index contributed by atoms with van der Waals surface area (Å²) in [6, 6.07) is 3.86. The number of nitrogens with zero attached hydrogens (tertiary/aromatic N) is 4. The smallest absolute Gasteiger partial charge is 0.101 e. The van der Waals surface area contributed by atoms with Crippen LogP contribution in [0, 0.1) is 11.3 Å². The highest BCUT2D eigenvalue weighted by Gasteiger charge is 1.99. The van der Waals surface area contributed by atoms with Crippen molar-refractivity contribution in [3.63, 3.8) is 0 Å². The summed E-state index contributed by atoms with van der Waals surface area (Å²) in [5.74, 6) is 0. The minimum Gasteiger partial charge on any atom is -0.383 e. The molecule has 0 amide bonds. The van der Waals surface area contributed by atoms with Gasteiger partial charge in [-0.25, -0.2) is 4.98 Å². The molecule has 2 aromatic heterocycles. The van der Waals surface area contributed by atoms with Gasteiger partial charge in [-0.3, -0.25) is 4.98 Å². The molecule has 0 saturated carbocycles. The Hall–Kier alpha value is -2.35. The van der Waals surface area contributed by atoms with Gasteiger partial charge >= 0.3 is 0 Å². The summed E-state index contributed by atoms with van der Waals surface area (Å²) >= 11 is 0. The molecule has 18 heavy (non-hydrogen) atoms. The van der Waals surface area contributed by atoms with Crippen molar-refractivity contribution in [3.8, 4) is 6.07 Å². The Labute approximate surface area is 106 Å². The highest BCUT2D eigenvalue weighted by molar-refractivity contribution is 5.55. The van der Waals surface area contributed by atoms with Crippen molar-refractivity contribution in [2.45, 2.75) is 19.4 Å². The lowest BCUT2D eigenvalue weighted by atomic mass is 10.2. The Kier molecular flexibility index (Phi) is 4.31. The standard InChI is InChI=1S/C13H15N5/c14-9-12-3-5-15-10-13(12)17-4-1-2-7-18-8-6-16-11-18/h3,5-6,8,10-11,17H,1-2,4,7H2. The van der Waals surface area contributed by atoms with Gasteiger partial charge in [-0.2, -0.15) is 5.26 Å². The van der Waals surface area contributed by atoms with Crippen LogP contribution < -0.4 is 5.32 Å². The number of aryl methyl sites for hydroxylation is 1. The number of imidazole rings is 1. The third-order valence-electron chi connectivity index (χ3n) is 2.66. The van der Waals surface area contributed by atoms with E-state index in [2.05, 4.69) is 25.9 Å². The molecule has 0 aliphatic heterocycles. The first-order valence-corrected chi connectivity index (χ1v) is 5.94. The maximum atomic E-state index is 8.92. The fraction of sp³-hybridized carbons (Fsp3) is 0.308. The number of rotatable bonds is 6. The van der Waals surface area contributed by atoms with E-state index >= 15 is 0 Å². The summed E-state index contributed by atoms with van der Waals surface area (Å²) < 4.78 is 2.06. The second-order valence-corrected chi connectivity index (χ2v) is 3.97. The zero-order chi connectivity index (χ0) is 12.6. The minimum absolute atomic E-state index is 0.639. The number of nitriles is 1. The molecule has 0 fully saturated rings. The van der Waals surface area contributed by atoms with Gasteiger partial charge in [0.15, 0.2) is 0 Å². The van der Waals surface area contributed by atoms with E-state index in [0.29, 0.717) is 5.56 Å². The molecule has 2 aromatic rings. The van der Waals surface area contributed by atoms with Crippen molar-refractivity contribution in [1.82, 2.24) is 14.5 Å². The van der Waals surface area contributed by atoms with E-state index in [1.165, 1.54) is 0 Å². The lowest BCUT2D eigenvalue weighted by Gasteiger charge is -2.07. The molecule has 1 N–H and O–H groups in total. The Balaban J connectivity index is 1.71. The predicted molar refractivity (Wildman–Crippen MR) is 68.9 cm³/mol. The topological polar surface area (TPSA) is 66.5 Å². The summed E-state index contributed by atoms with van der Waals surface area (Å²) in [5.41, 5.74) is 1.45. The maximum absolute atomic E-state index is 8.92. The SMILES string of the molecule is N#Cc1ccncc1NCCCCn1ccnc1. The van der Waals surface area contributed by atoms with E-state index in [0.717, 1.165) is 31.6 Å². The maximum Gasteiger partial charge on any atom is 0.101 e. The largest absolute Gasteiger partial charge is 0.383 e. The quantitative estimate of drug-likeness (QED) is 0.786. The second kappa shape index (κ2) is 6.40. The summed E-state index contributed by atoms with van der Waals surface area (Å²) in [6.07, 6.45) is 11.0. The highest BCUT2D eigenvalue weighted by Crippen LogP contribution is 2.11. The van der Waals surface area contributed by atoms with E-state index in [-0.39, 0.29) is 0 Å². The number of nitrogens with one attached hydrogen (secondary N) is 1. The fourth-order valence-electron chi connectivity index (χ4n) is 1.69. The molecule has 2 heterocycles. The van der Waals surface area contributed by atoms with Crippen molar-refractivity contribution in [2.75, 3.05) is 11.9 Å². The predicted octanol–water partition coefficient (Wildman–Crippen LogP) is 2.04. The molecule has 92 valence electrons. The summed E-state index contributed by atoms with van der Waals surface area (Å²) in [7, 11) is 0. The molecule has 5 nitrogen and oxygen atoms in total. The molecule has 0 aliphatic rings. The number of pyridine rings is 1. The van der Waals surface area contributed by atoms with Crippen molar-refractivity contribution in [3.05, 3.63) is 42.7 Å². The first kappa shape index (κ1) is 12.1. The van der Waals surface area contributed by atoms with E-state index in [1.54, 1.807) is 24.7 Å². The van der Waals surface area contributed by atoms with Crippen LogP contribution in [0.3, 0.4) is 0 Å². The molecule has 0 bridgehead atoms. The van der Waals surface area contributed by atoms with Crippen molar-refractivity contribution >= 4 is 5.69 Å². The summed E-state index contributed by atoms with van der Waals surface area (Å²) in [6.45, 7) is 1.81. The average molecular weight is 241 g/mol. The van der Waals surface area contributed by atoms with Gasteiger partial charge in [0.1, 0.15) is 6.07 Å². The van der Waals surface area contributed by atoms with Gasteiger partial charge in [-0.1, -0.05) is 0 Å². The van der Waals surface area contributed by atoms with Crippen LogP contribution in [-0.2, 0) is 6.54 Å². The summed E-state index contributed by atoms with van der Waals surface area (Å²) in [5, 5.41) is 12.2. The van der Waals surface area contributed by atoms with E-state index in [4.69, 9.17) is 5.26 Å². The minimum atomic E-state index is 0.639. The highest BCUT2D eigenvalue weighted by atomic mass is 15.0. The summed E-state index contributed by atoms with van der Waals surface area (Å²) in [4.78, 5) is 8.00. The molecule has 0 atom stereocenters. The second-order valence-electron chi connectivity index (χ2n) is 3.97. The van der Waals surface area contributed by atoms with Crippen LogP contribution >= 0.6 is 0 Å². The molecular formula is C13H15N5. The molecule has 2 rings (SSSR count). The van der Waals surface area contributed by atoms with E-state index in [1.807, 2.05) is 12.5 Å². The molecule has 0 saturated heterocycles.